The van der Waals surface area contributed by atoms with Crippen LogP contribution in [0.25, 0.3) is 0 Å². The number of rotatable bonds is 2. The first-order chi connectivity index (χ1) is 8.47. The summed E-state index contributed by atoms with van der Waals surface area (Å²) < 4.78 is 19.1. The number of halogens is 5. The number of hydrogen-bond donors (Lipinski definition) is 0. The molecular weight excluding hydrogens is 369 g/mol. The first kappa shape index (κ1) is 13.8. The maximum absolute atomic E-state index is 13.3. The average Bonchev–Trinajstić information content (AvgIpc) is 2.30. The lowest BCUT2D eigenvalue weighted by molar-refractivity contribution is 0.454. The van der Waals surface area contributed by atoms with Crippen LogP contribution in [0.2, 0.25) is 15.3 Å². The van der Waals surface area contributed by atoms with Crippen molar-refractivity contribution in [3.05, 3.63) is 43.9 Å². The van der Waals surface area contributed by atoms with Crippen molar-refractivity contribution in [3.63, 3.8) is 0 Å². The average molecular weight is 372 g/mol. The van der Waals surface area contributed by atoms with Crippen LogP contribution in [0.4, 0.5) is 4.39 Å². The zero-order valence-electron chi connectivity index (χ0n) is 8.42. The van der Waals surface area contributed by atoms with E-state index in [1.807, 2.05) is 0 Å². The molecule has 2 aromatic rings. The topological polar surface area (TPSA) is 35.0 Å². The van der Waals surface area contributed by atoms with Crippen LogP contribution in [0.1, 0.15) is 0 Å². The molecule has 0 N–H and O–H groups in total. The maximum atomic E-state index is 13.3. The molecule has 0 radical (unpaired) electrons. The van der Waals surface area contributed by atoms with Crippen LogP contribution < -0.4 is 4.74 Å². The Hall–Kier alpha value is -0.620. The van der Waals surface area contributed by atoms with Gasteiger partial charge in [-0.1, -0.05) is 23.2 Å². The fourth-order valence-corrected chi connectivity index (χ4v) is 2.06. The summed E-state index contributed by atoms with van der Waals surface area (Å²) >= 11 is 20.2. The summed E-state index contributed by atoms with van der Waals surface area (Å²) in [6.45, 7) is 0. The van der Waals surface area contributed by atoms with Crippen molar-refractivity contribution >= 4 is 50.7 Å². The van der Waals surface area contributed by atoms with Crippen molar-refractivity contribution in [1.82, 2.24) is 9.97 Å². The molecule has 2 rings (SSSR count). The van der Waals surface area contributed by atoms with Gasteiger partial charge in [0.25, 0.3) is 0 Å². The van der Waals surface area contributed by atoms with Gasteiger partial charge in [-0.3, -0.25) is 0 Å². The van der Waals surface area contributed by atoms with Crippen LogP contribution in [-0.2, 0) is 0 Å². The Morgan fingerprint density at radius 3 is 2.61 bits per heavy atom. The maximum Gasteiger partial charge on any atom is 0.242 e. The minimum absolute atomic E-state index is 0.0268. The van der Waals surface area contributed by atoms with Crippen molar-refractivity contribution in [2.45, 2.75) is 0 Å². The van der Waals surface area contributed by atoms with E-state index in [0.717, 1.165) is 6.07 Å². The van der Waals surface area contributed by atoms with Gasteiger partial charge in [0.05, 0.1) is 15.7 Å². The van der Waals surface area contributed by atoms with Crippen LogP contribution in [0, 0.1) is 5.82 Å². The summed E-state index contributed by atoms with van der Waals surface area (Å²) in [5, 5.41) is 0.0997. The lowest BCUT2D eigenvalue weighted by Gasteiger charge is -2.08. The van der Waals surface area contributed by atoms with E-state index in [4.69, 9.17) is 39.5 Å². The van der Waals surface area contributed by atoms with E-state index in [9.17, 15) is 4.39 Å². The van der Waals surface area contributed by atoms with Crippen LogP contribution in [0.3, 0.4) is 0 Å². The Morgan fingerprint density at radius 2 is 1.89 bits per heavy atom. The highest BCUT2D eigenvalue weighted by atomic mass is 79.9. The van der Waals surface area contributed by atoms with Crippen LogP contribution in [0.15, 0.2) is 22.8 Å². The zero-order valence-corrected chi connectivity index (χ0v) is 12.3. The second-order valence-corrected chi connectivity index (χ2v) is 5.10. The highest BCUT2D eigenvalue weighted by Crippen LogP contribution is 2.35. The normalized spacial score (nSPS) is 10.5. The van der Waals surface area contributed by atoms with E-state index in [2.05, 4.69) is 25.9 Å². The van der Waals surface area contributed by atoms with Crippen LogP contribution in [0.5, 0.6) is 11.6 Å². The second-order valence-electron chi connectivity index (χ2n) is 3.09. The van der Waals surface area contributed by atoms with Gasteiger partial charge in [0, 0.05) is 6.07 Å². The summed E-state index contributed by atoms with van der Waals surface area (Å²) in [5.41, 5.74) is 0. The monoisotopic (exact) mass is 370 g/mol. The predicted molar refractivity (Wildman–Crippen MR) is 71.2 cm³/mol. The molecule has 1 aromatic heterocycles. The van der Waals surface area contributed by atoms with Crippen LogP contribution in [-0.4, -0.2) is 9.97 Å². The third-order valence-electron chi connectivity index (χ3n) is 1.86. The Bertz CT molecular complexity index is 612. The van der Waals surface area contributed by atoms with Crippen molar-refractivity contribution in [2.24, 2.45) is 0 Å². The third-order valence-corrected chi connectivity index (χ3v) is 3.21. The van der Waals surface area contributed by atoms with E-state index >= 15 is 0 Å². The van der Waals surface area contributed by atoms with Gasteiger partial charge in [-0.2, -0.15) is 4.98 Å². The Labute approximate surface area is 125 Å². The fraction of sp³-hybridized carbons (Fsp3) is 0. The SMILES string of the molecule is Fc1cc(Oc2nc(Cl)ncc2Cl)c(Br)cc1Cl. The highest BCUT2D eigenvalue weighted by Gasteiger charge is 2.12. The molecule has 0 saturated carbocycles. The van der Waals surface area contributed by atoms with Gasteiger partial charge in [0.1, 0.15) is 16.6 Å². The molecule has 0 atom stereocenters. The lowest BCUT2D eigenvalue weighted by Crippen LogP contribution is -1.93. The molecule has 0 fully saturated rings. The molecule has 94 valence electrons. The summed E-state index contributed by atoms with van der Waals surface area (Å²) in [5.74, 6) is -0.418. The zero-order chi connectivity index (χ0) is 13.3. The first-order valence-electron chi connectivity index (χ1n) is 4.48. The van der Waals surface area contributed by atoms with Gasteiger partial charge in [-0.05, 0) is 33.6 Å². The number of aromatic nitrogens is 2. The molecule has 18 heavy (non-hydrogen) atoms. The Kier molecular flexibility index (Phi) is 4.27. The molecule has 0 amide bonds. The van der Waals surface area contributed by atoms with Gasteiger partial charge in [0.2, 0.25) is 11.2 Å². The van der Waals surface area contributed by atoms with Gasteiger partial charge in [-0.25, -0.2) is 9.37 Å². The van der Waals surface area contributed by atoms with E-state index in [0.29, 0.717) is 4.47 Å². The third kappa shape index (κ3) is 3.03. The molecule has 0 saturated heterocycles. The molecule has 1 aromatic carbocycles. The number of ether oxygens (including phenoxy) is 1. The molecule has 0 bridgehead atoms. The fourth-order valence-electron chi connectivity index (χ4n) is 1.09. The molecule has 0 spiro atoms. The van der Waals surface area contributed by atoms with E-state index in [1.54, 1.807) is 0 Å². The summed E-state index contributed by atoms with van der Waals surface area (Å²) in [6.07, 6.45) is 1.28. The molecule has 1 heterocycles. The van der Waals surface area contributed by atoms with Gasteiger partial charge in [0.15, 0.2) is 0 Å². The quantitative estimate of drug-likeness (QED) is 0.541. The first-order valence-corrected chi connectivity index (χ1v) is 6.40. The molecule has 0 aliphatic rings. The van der Waals surface area contributed by atoms with Crippen molar-refractivity contribution < 1.29 is 9.13 Å². The summed E-state index contributed by atoms with van der Waals surface area (Å²) in [4.78, 5) is 7.46. The van der Waals surface area contributed by atoms with Crippen LogP contribution >= 0.6 is 50.7 Å². The smallest absolute Gasteiger partial charge is 0.242 e. The van der Waals surface area contributed by atoms with Gasteiger partial charge < -0.3 is 4.74 Å². The molecule has 0 aliphatic carbocycles. The molecule has 0 aliphatic heterocycles. The van der Waals surface area contributed by atoms with E-state index in [1.165, 1.54) is 12.3 Å². The number of benzene rings is 1. The number of hydrogen-bond acceptors (Lipinski definition) is 3. The minimum atomic E-state index is -0.619. The Morgan fingerprint density at radius 1 is 1.17 bits per heavy atom. The van der Waals surface area contributed by atoms with Gasteiger partial charge >= 0.3 is 0 Å². The molecular formula is C10H3BrCl3FN2O. The highest BCUT2D eigenvalue weighted by molar-refractivity contribution is 9.10. The Balaban J connectivity index is 2.40. The van der Waals surface area contributed by atoms with Crippen molar-refractivity contribution in [2.75, 3.05) is 0 Å². The van der Waals surface area contributed by atoms with Crippen molar-refractivity contribution in [1.29, 1.82) is 0 Å². The van der Waals surface area contributed by atoms with Crippen molar-refractivity contribution in [3.8, 4) is 11.6 Å². The summed E-state index contributed by atoms with van der Waals surface area (Å²) in [7, 11) is 0. The predicted octanol–water partition coefficient (Wildman–Crippen LogP) is 5.13. The van der Waals surface area contributed by atoms with Gasteiger partial charge in [-0.15, -0.1) is 0 Å². The summed E-state index contributed by atoms with van der Waals surface area (Å²) in [6, 6.07) is 2.47. The van der Waals surface area contributed by atoms with E-state index in [-0.39, 0.29) is 27.0 Å². The molecule has 3 nitrogen and oxygen atoms in total. The minimum Gasteiger partial charge on any atom is -0.436 e. The molecule has 0 unspecified atom stereocenters. The second kappa shape index (κ2) is 5.57. The standard InChI is InChI=1S/C10H3BrCl3FN2O/c11-4-1-5(12)7(15)2-8(4)18-9-6(13)3-16-10(14)17-9/h1-3H. The number of nitrogens with zero attached hydrogens (tertiary/aromatic N) is 2. The lowest BCUT2D eigenvalue weighted by atomic mass is 10.3. The van der Waals surface area contributed by atoms with E-state index < -0.39 is 5.82 Å². The largest absolute Gasteiger partial charge is 0.436 e. The molecule has 8 heteroatoms.